The van der Waals surface area contributed by atoms with E-state index in [0.717, 1.165) is 51.6 Å². The van der Waals surface area contributed by atoms with Crippen molar-refractivity contribution in [3.8, 4) is 11.8 Å². The van der Waals surface area contributed by atoms with Crippen LogP contribution in [-0.4, -0.2) is 37.5 Å². The van der Waals surface area contributed by atoms with Gasteiger partial charge in [-0.1, -0.05) is 41.8 Å². The van der Waals surface area contributed by atoms with Crippen molar-refractivity contribution in [3.05, 3.63) is 57.5 Å². The average molecular weight is 555 g/mol. The quantitative estimate of drug-likeness (QED) is 0.217. The van der Waals surface area contributed by atoms with Crippen LogP contribution in [0.4, 0.5) is 5.69 Å². The highest BCUT2D eigenvalue weighted by molar-refractivity contribution is 5.91. The van der Waals surface area contributed by atoms with Crippen LogP contribution in [0.15, 0.2) is 52.2 Å². The predicted octanol–water partition coefficient (Wildman–Crippen LogP) is 6.89. The van der Waals surface area contributed by atoms with Gasteiger partial charge < -0.3 is 9.64 Å². The number of esters is 1. The Morgan fingerprint density at radius 2 is 1.85 bits per heavy atom. The fourth-order valence-electron chi connectivity index (χ4n) is 9.32. The van der Waals surface area contributed by atoms with E-state index in [0.29, 0.717) is 18.3 Å². The predicted molar refractivity (Wildman–Crippen MR) is 160 cm³/mol. The number of carbonyl (C=O) groups excluding carboxylic acids is 2. The van der Waals surface area contributed by atoms with E-state index in [9.17, 15) is 14.5 Å². The second kappa shape index (κ2) is 10.9. The van der Waals surface area contributed by atoms with E-state index in [2.05, 4.69) is 59.2 Å². The summed E-state index contributed by atoms with van der Waals surface area (Å²) in [6.45, 7) is 7.48. The molecule has 216 valence electrons. The van der Waals surface area contributed by atoms with Gasteiger partial charge in [0.25, 0.3) is 0 Å². The number of fused-ring (bicyclic) bond motifs is 4. The first kappa shape index (κ1) is 27.9. The third-order valence-corrected chi connectivity index (χ3v) is 11.2. The molecule has 0 bridgehead atoms. The molecule has 3 fully saturated rings. The number of ether oxygens (including phenoxy) is 1. The van der Waals surface area contributed by atoms with Crippen molar-refractivity contribution in [3.63, 3.8) is 0 Å². The summed E-state index contributed by atoms with van der Waals surface area (Å²) in [5.41, 5.74) is 5.71. The monoisotopic (exact) mass is 554 g/mol. The Balaban J connectivity index is 1.46. The lowest BCUT2D eigenvalue weighted by Crippen LogP contribution is -2.51. The molecule has 6 atom stereocenters. The molecule has 0 spiro atoms. The molecule has 2 saturated carbocycles. The van der Waals surface area contributed by atoms with Crippen molar-refractivity contribution in [2.75, 3.05) is 24.6 Å². The molecule has 0 N–H and O–H groups in total. The van der Waals surface area contributed by atoms with Crippen LogP contribution in [0.5, 0.6) is 0 Å². The van der Waals surface area contributed by atoms with Gasteiger partial charge >= 0.3 is 5.97 Å². The fraction of sp³-hybridized carbons (Fsp3) is 0.600. The van der Waals surface area contributed by atoms with Gasteiger partial charge in [-0.15, -0.1) is 5.92 Å². The lowest BCUT2D eigenvalue weighted by atomic mass is 9.48. The molecular weight excluding hydrogens is 512 g/mol. The first-order valence-corrected chi connectivity index (χ1v) is 15.5. The Bertz CT molecular complexity index is 1360. The Labute approximate surface area is 243 Å². The zero-order valence-corrected chi connectivity index (χ0v) is 24.7. The van der Waals surface area contributed by atoms with Crippen LogP contribution in [0.2, 0.25) is 0 Å². The summed E-state index contributed by atoms with van der Waals surface area (Å²) in [4.78, 5) is 39.5. The Morgan fingerprint density at radius 1 is 1.10 bits per heavy atom. The maximum Gasteiger partial charge on any atom is 0.303 e. The van der Waals surface area contributed by atoms with E-state index >= 15 is 0 Å². The summed E-state index contributed by atoms with van der Waals surface area (Å²) in [7, 11) is 0. The Hall–Kier alpha value is -3.20. The second-order valence-electron chi connectivity index (χ2n) is 13.1. The van der Waals surface area contributed by atoms with Gasteiger partial charge in [0.1, 0.15) is 6.04 Å². The highest BCUT2D eigenvalue weighted by atomic mass is 16.5. The van der Waals surface area contributed by atoms with E-state index in [1.165, 1.54) is 47.7 Å². The number of hydrogen-bond acceptors (Lipinski definition) is 6. The largest absolute Gasteiger partial charge is 0.458 e. The van der Waals surface area contributed by atoms with Crippen molar-refractivity contribution >= 4 is 17.4 Å². The highest BCUT2D eigenvalue weighted by Crippen LogP contribution is 2.69. The standard InChI is InChI=1S/C35H42N2O4/c1-4-16-35(32(39)22-41-23(2)38)17-15-31-29-13-9-25-20-26(36-40)10-14-28(25)33(29)30(21-34(31,35)3)24-7-11-27(12-8-24)37-18-5-6-19-37/h7-8,11-12,20,26,29-31H,5-6,9-10,13-15,17-19,21-22H2,1-3H3/t26?,29-,30?,31-,34-,35+/m0/s1. The number of allylic oxidation sites excluding steroid dienone is 3. The SMILES string of the molecule is CC#C[C@]1(C(=O)COC(C)=O)CC[C@H]2[C@@H]3CCC4=CC(N=O)CCC4=C3C(c3ccc(N4CCCC4)cc3)C[C@@]21C. The van der Waals surface area contributed by atoms with Crippen LogP contribution in [0.25, 0.3) is 0 Å². The number of rotatable bonds is 6. The zero-order chi connectivity index (χ0) is 28.8. The molecule has 4 aliphatic carbocycles. The maximum atomic E-state index is 14.0. The summed E-state index contributed by atoms with van der Waals surface area (Å²) < 4.78 is 5.27. The second-order valence-corrected chi connectivity index (χ2v) is 13.1. The van der Waals surface area contributed by atoms with Gasteiger partial charge in [0.05, 0.1) is 5.41 Å². The molecule has 6 rings (SSSR count). The first-order valence-electron chi connectivity index (χ1n) is 15.5. The van der Waals surface area contributed by atoms with Gasteiger partial charge in [-0.05, 0) is 111 Å². The minimum Gasteiger partial charge on any atom is -0.458 e. The molecule has 1 aromatic rings. The molecule has 1 heterocycles. The van der Waals surface area contributed by atoms with Crippen molar-refractivity contribution < 1.29 is 14.3 Å². The molecule has 6 nitrogen and oxygen atoms in total. The lowest BCUT2D eigenvalue weighted by Gasteiger charge is -2.54. The third-order valence-electron chi connectivity index (χ3n) is 11.2. The van der Waals surface area contributed by atoms with Gasteiger partial charge in [0, 0.05) is 31.6 Å². The molecule has 1 aliphatic heterocycles. The number of ketones is 1. The summed E-state index contributed by atoms with van der Waals surface area (Å²) in [5, 5.41) is 3.38. The minimum atomic E-state index is -0.832. The topological polar surface area (TPSA) is 76.0 Å². The molecule has 0 amide bonds. The van der Waals surface area contributed by atoms with Crippen LogP contribution >= 0.6 is 0 Å². The van der Waals surface area contributed by atoms with Crippen LogP contribution in [-0.2, 0) is 14.3 Å². The zero-order valence-electron chi connectivity index (χ0n) is 24.7. The van der Waals surface area contributed by atoms with Crippen molar-refractivity contribution in [2.45, 2.75) is 90.5 Å². The van der Waals surface area contributed by atoms with Crippen LogP contribution in [0.3, 0.4) is 0 Å². The minimum absolute atomic E-state index is 0.0553. The number of anilines is 1. The van der Waals surface area contributed by atoms with Crippen molar-refractivity contribution in [2.24, 2.45) is 27.8 Å². The number of Topliss-reactive ketones (excluding diaryl/α,β-unsaturated/α-hetero) is 1. The molecule has 41 heavy (non-hydrogen) atoms. The van der Waals surface area contributed by atoms with Crippen LogP contribution in [0.1, 0.15) is 90.0 Å². The summed E-state index contributed by atoms with van der Waals surface area (Å²) in [6, 6.07) is 8.96. The lowest BCUT2D eigenvalue weighted by molar-refractivity contribution is -0.150. The normalized spacial score (nSPS) is 34.0. The first-order chi connectivity index (χ1) is 19.8. The summed E-state index contributed by atoms with van der Waals surface area (Å²) in [5.74, 6) is 6.93. The molecule has 0 radical (unpaired) electrons. The molecule has 6 heteroatoms. The van der Waals surface area contributed by atoms with E-state index in [4.69, 9.17) is 4.74 Å². The van der Waals surface area contributed by atoms with Gasteiger partial charge in [0.15, 0.2) is 12.4 Å². The van der Waals surface area contributed by atoms with Gasteiger partial charge in [0.2, 0.25) is 0 Å². The number of nitrogens with zero attached hydrogens (tertiary/aromatic N) is 2. The van der Waals surface area contributed by atoms with Gasteiger partial charge in [-0.25, -0.2) is 0 Å². The molecule has 0 aromatic heterocycles. The van der Waals surface area contributed by atoms with E-state index < -0.39 is 11.4 Å². The number of benzene rings is 1. The average Bonchev–Trinajstić information content (AvgIpc) is 3.62. The van der Waals surface area contributed by atoms with E-state index in [1.807, 2.05) is 6.92 Å². The maximum absolute atomic E-state index is 14.0. The van der Waals surface area contributed by atoms with Crippen LogP contribution in [0, 0.1) is 39.4 Å². The molecule has 2 unspecified atom stereocenters. The summed E-state index contributed by atoms with van der Waals surface area (Å²) >= 11 is 0. The summed E-state index contributed by atoms with van der Waals surface area (Å²) in [6.07, 6.45) is 10.7. The molecule has 1 aromatic carbocycles. The Kier molecular flexibility index (Phi) is 7.42. The smallest absolute Gasteiger partial charge is 0.303 e. The van der Waals surface area contributed by atoms with Gasteiger partial charge in [-0.2, -0.15) is 4.91 Å². The van der Waals surface area contributed by atoms with Crippen LogP contribution < -0.4 is 4.90 Å². The fourth-order valence-corrected chi connectivity index (χ4v) is 9.32. The highest BCUT2D eigenvalue weighted by Gasteiger charge is 2.65. The molecular formula is C35H42N2O4. The van der Waals surface area contributed by atoms with E-state index in [-0.39, 0.29) is 29.8 Å². The molecule has 1 saturated heterocycles. The number of hydrogen-bond donors (Lipinski definition) is 0. The van der Waals surface area contributed by atoms with Gasteiger partial charge in [-0.3, -0.25) is 9.59 Å². The number of carbonyl (C=O) groups is 2. The van der Waals surface area contributed by atoms with Crippen molar-refractivity contribution in [1.82, 2.24) is 0 Å². The van der Waals surface area contributed by atoms with E-state index in [1.54, 1.807) is 0 Å². The number of nitroso groups, excluding NO2 is 1. The van der Waals surface area contributed by atoms with Crippen molar-refractivity contribution in [1.29, 1.82) is 0 Å². The third kappa shape index (κ3) is 4.57. The molecule has 5 aliphatic rings. The Morgan fingerprint density at radius 3 is 2.54 bits per heavy atom.